The molecule has 4 atom stereocenters. The van der Waals surface area contributed by atoms with Crippen LogP contribution in [0.25, 0.3) is 0 Å². The molecule has 1 aromatic heterocycles. The summed E-state index contributed by atoms with van der Waals surface area (Å²) in [5, 5.41) is 0. The largest absolute Gasteiger partial charge is 0.271 e. The van der Waals surface area contributed by atoms with Crippen molar-refractivity contribution in [1.29, 1.82) is 0 Å². The highest BCUT2D eigenvalue weighted by molar-refractivity contribution is 9.10. The summed E-state index contributed by atoms with van der Waals surface area (Å²) in [6, 6.07) is 4.49. The first-order valence-corrected chi connectivity index (χ1v) is 8.10. The number of aromatic nitrogens is 1. The molecule has 2 aliphatic carbocycles. The first-order valence-electron chi connectivity index (χ1n) is 7.31. The Morgan fingerprint density at radius 3 is 2.84 bits per heavy atom. The maximum absolute atomic E-state index is 5.74. The fraction of sp³-hybridized carbons (Fsp3) is 0.667. The van der Waals surface area contributed by atoms with Gasteiger partial charge in [-0.2, -0.15) is 0 Å². The van der Waals surface area contributed by atoms with Crippen LogP contribution >= 0.6 is 15.9 Å². The average Bonchev–Trinajstić information content (AvgIpc) is 3.03. The molecule has 19 heavy (non-hydrogen) atoms. The minimum atomic E-state index is 0.359. The Hall–Kier alpha value is -0.450. The quantitative estimate of drug-likeness (QED) is 0.646. The van der Waals surface area contributed by atoms with E-state index in [4.69, 9.17) is 5.84 Å². The highest BCUT2D eigenvalue weighted by atomic mass is 79.9. The predicted octanol–water partition coefficient (Wildman–Crippen LogP) is 3.04. The van der Waals surface area contributed by atoms with E-state index in [1.807, 2.05) is 12.3 Å². The number of rotatable bonds is 5. The number of hydrogen-bond acceptors (Lipinski definition) is 3. The van der Waals surface area contributed by atoms with Crippen molar-refractivity contribution in [2.24, 2.45) is 23.6 Å². The van der Waals surface area contributed by atoms with E-state index >= 15 is 0 Å². The van der Waals surface area contributed by atoms with Crippen molar-refractivity contribution in [3.63, 3.8) is 0 Å². The van der Waals surface area contributed by atoms with Gasteiger partial charge in [-0.1, -0.05) is 6.42 Å². The monoisotopic (exact) mass is 323 g/mol. The Morgan fingerprint density at radius 2 is 2.26 bits per heavy atom. The topological polar surface area (TPSA) is 50.9 Å². The van der Waals surface area contributed by atoms with Crippen molar-refractivity contribution < 1.29 is 0 Å². The molecule has 0 aliphatic heterocycles. The fourth-order valence-electron chi connectivity index (χ4n) is 4.02. The summed E-state index contributed by atoms with van der Waals surface area (Å²) in [6.45, 7) is 0. The fourth-order valence-corrected chi connectivity index (χ4v) is 4.26. The van der Waals surface area contributed by atoms with Crippen LogP contribution in [0.3, 0.4) is 0 Å². The summed E-state index contributed by atoms with van der Waals surface area (Å²) in [7, 11) is 0. The van der Waals surface area contributed by atoms with Gasteiger partial charge in [-0.05, 0) is 71.5 Å². The zero-order valence-corrected chi connectivity index (χ0v) is 12.8. The third-order valence-electron chi connectivity index (χ3n) is 4.95. The number of nitrogens with zero attached hydrogens (tertiary/aromatic N) is 1. The second-order valence-corrected chi connectivity index (χ2v) is 7.12. The lowest BCUT2D eigenvalue weighted by Gasteiger charge is -2.26. The van der Waals surface area contributed by atoms with Crippen LogP contribution in [-0.4, -0.2) is 11.0 Å². The van der Waals surface area contributed by atoms with Crippen LogP contribution in [0.15, 0.2) is 22.8 Å². The third-order valence-corrected chi connectivity index (χ3v) is 5.42. The van der Waals surface area contributed by atoms with Crippen LogP contribution in [0, 0.1) is 17.8 Å². The molecule has 3 rings (SSSR count). The van der Waals surface area contributed by atoms with Crippen molar-refractivity contribution in [1.82, 2.24) is 10.4 Å². The molecular weight excluding hydrogens is 302 g/mol. The third kappa shape index (κ3) is 3.18. The second-order valence-electron chi connectivity index (χ2n) is 6.21. The molecule has 3 nitrogen and oxygen atoms in total. The minimum absolute atomic E-state index is 0.359. The van der Waals surface area contributed by atoms with Gasteiger partial charge in [0, 0.05) is 28.8 Å². The van der Waals surface area contributed by atoms with Gasteiger partial charge in [0.05, 0.1) is 0 Å². The molecule has 2 fully saturated rings. The Bertz CT molecular complexity index is 420. The van der Waals surface area contributed by atoms with Gasteiger partial charge in [-0.15, -0.1) is 0 Å². The van der Waals surface area contributed by atoms with E-state index in [1.54, 1.807) is 0 Å². The smallest absolute Gasteiger partial charge is 0.0420 e. The van der Waals surface area contributed by atoms with Crippen molar-refractivity contribution in [2.75, 3.05) is 0 Å². The highest BCUT2D eigenvalue weighted by Crippen LogP contribution is 2.49. The Balaban J connectivity index is 1.57. The Kier molecular flexibility index (Phi) is 4.20. The van der Waals surface area contributed by atoms with Crippen LogP contribution < -0.4 is 11.3 Å². The van der Waals surface area contributed by atoms with Crippen LogP contribution in [0.5, 0.6) is 0 Å². The van der Waals surface area contributed by atoms with E-state index in [0.29, 0.717) is 6.04 Å². The summed E-state index contributed by atoms with van der Waals surface area (Å²) >= 11 is 3.42. The SMILES string of the molecule is NNC(Cc1ccc(Br)cn1)CC1CC2CCC1C2. The summed E-state index contributed by atoms with van der Waals surface area (Å²) < 4.78 is 1.03. The standard InChI is InChI=1S/C15H22BrN3/c16-13-3-4-14(18-9-13)8-15(19-17)7-12-6-10-1-2-11(12)5-10/h3-4,9-12,15,19H,1-2,5-8,17H2. The molecule has 4 unspecified atom stereocenters. The number of hydrazine groups is 1. The molecule has 0 saturated heterocycles. The molecular formula is C15H22BrN3. The van der Waals surface area contributed by atoms with Gasteiger partial charge in [0.15, 0.2) is 0 Å². The van der Waals surface area contributed by atoms with Crippen molar-refractivity contribution in [3.8, 4) is 0 Å². The van der Waals surface area contributed by atoms with Gasteiger partial charge in [-0.25, -0.2) is 0 Å². The molecule has 2 bridgehead atoms. The minimum Gasteiger partial charge on any atom is -0.271 e. The molecule has 2 aliphatic rings. The molecule has 104 valence electrons. The first kappa shape index (κ1) is 13.5. The molecule has 2 saturated carbocycles. The summed E-state index contributed by atoms with van der Waals surface area (Å²) in [5.74, 6) is 8.61. The lowest BCUT2D eigenvalue weighted by atomic mass is 9.83. The molecule has 4 heteroatoms. The van der Waals surface area contributed by atoms with E-state index in [2.05, 4.69) is 32.4 Å². The number of fused-ring (bicyclic) bond motifs is 2. The summed E-state index contributed by atoms with van der Waals surface area (Å²) in [6.07, 6.45) is 9.81. The normalized spacial score (nSPS) is 30.7. The maximum atomic E-state index is 5.74. The lowest BCUT2D eigenvalue weighted by Crippen LogP contribution is -2.39. The molecule has 3 N–H and O–H groups in total. The second kappa shape index (κ2) is 5.90. The molecule has 0 spiro atoms. The molecule has 1 heterocycles. The van der Waals surface area contributed by atoms with E-state index in [-0.39, 0.29) is 0 Å². The van der Waals surface area contributed by atoms with Gasteiger partial charge >= 0.3 is 0 Å². The van der Waals surface area contributed by atoms with Gasteiger partial charge in [0.25, 0.3) is 0 Å². The summed E-state index contributed by atoms with van der Waals surface area (Å²) in [5.41, 5.74) is 4.12. The number of pyridine rings is 1. The average molecular weight is 324 g/mol. The van der Waals surface area contributed by atoms with Gasteiger partial charge in [0.2, 0.25) is 0 Å². The number of halogens is 1. The van der Waals surface area contributed by atoms with E-state index < -0.39 is 0 Å². The van der Waals surface area contributed by atoms with Gasteiger partial charge in [-0.3, -0.25) is 16.3 Å². The first-order chi connectivity index (χ1) is 9.24. The maximum Gasteiger partial charge on any atom is 0.0420 e. The van der Waals surface area contributed by atoms with Crippen molar-refractivity contribution in [2.45, 2.75) is 44.6 Å². The van der Waals surface area contributed by atoms with E-state index in [1.165, 1.54) is 32.1 Å². The number of hydrogen-bond donors (Lipinski definition) is 2. The molecule has 0 amide bonds. The Labute approximate surface area is 123 Å². The summed E-state index contributed by atoms with van der Waals surface area (Å²) in [4.78, 5) is 4.45. The van der Waals surface area contributed by atoms with Crippen LogP contribution in [0.2, 0.25) is 0 Å². The predicted molar refractivity (Wildman–Crippen MR) is 80.3 cm³/mol. The van der Waals surface area contributed by atoms with E-state index in [0.717, 1.165) is 34.3 Å². The van der Waals surface area contributed by atoms with Gasteiger partial charge < -0.3 is 0 Å². The molecule has 0 radical (unpaired) electrons. The zero-order valence-electron chi connectivity index (χ0n) is 11.2. The Morgan fingerprint density at radius 1 is 1.37 bits per heavy atom. The molecule has 0 aromatic carbocycles. The van der Waals surface area contributed by atoms with Crippen LogP contribution in [0.4, 0.5) is 0 Å². The van der Waals surface area contributed by atoms with Crippen LogP contribution in [0.1, 0.15) is 37.8 Å². The van der Waals surface area contributed by atoms with Crippen molar-refractivity contribution >= 4 is 15.9 Å². The van der Waals surface area contributed by atoms with Crippen molar-refractivity contribution in [3.05, 3.63) is 28.5 Å². The van der Waals surface area contributed by atoms with E-state index in [9.17, 15) is 0 Å². The van der Waals surface area contributed by atoms with Gasteiger partial charge in [0.1, 0.15) is 0 Å². The number of nitrogens with one attached hydrogen (secondary N) is 1. The zero-order chi connectivity index (χ0) is 13.2. The number of nitrogens with two attached hydrogens (primary N) is 1. The lowest BCUT2D eigenvalue weighted by molar-refractivity contribution is 0.277. The molecule has 1 aromatic rings. The van der Waals surface area contributed by atoms with Crippen LogP contribution in [-0.2, 0) is 6.42 Å². The highest BCUT2D eigenvalue weighted by Gasteiger charge is 2.39.